The smallest absolute Gasteiger partial charge is 0.327 e. The quantitative estimate of drug-likeness (QED) is 0.700. The molecule has 1 aromatic rings. The molecule has 0 aliphatic carbocycles. The van der Waals surface area contributed by atoms with Crippen molar-refractivity contribution >= 4 is 24.1 Å². The summed E-state index contributed by atoms with van der Waals surface area (Å²) in [5.41, 5.74) is 1.14. The molecule has 0 aliphatic rings. The molecule has 0 unspecified atom stereocenters. The number of amides is 1. The zero-order valence-electron chi connectivity index (χ0n) is 8.63. The van der Waals surface area contributed by atoms with Crippen molar-refractivity contribution in [2.45, 2.75) is 11.8 Å². The van der Waals surface area contributed by atoms with Gasteiger partial charge in [-0.25, -0.2) is 4.79 Å². The molecule has 0 heterocycles. The average Bonchev–Trinajstić information content (AvgIpc) is 2.29. The van der Waals surface area contributed by atoms with Gasteiger partial charge in [0.25, 0.3) is 0 Å². The van der Waals surface area contributed by atoms with Crippen LogP contribution in [0.3, 0.4) is 0 Å². The van der Waals surface area contributed by atoms with Crippen LogP contribution in [-0.2, 0) is 15.3 Å². The Morgan fingerprint density at radius 1 is 1.44 bits per heavy atom. The molecular weight excluding hydrogens is 226 g/mol. The number of hydrogen-bond donors (Lipinski definition) is 2. The molecule has 1 amide bonds. The molecule has 1 aromatic carbocycles. The molecule has 16 heavy (non-hydrogen) atoms. The summed E-state index contributed by atoms with van der Waals surface area (Å²) in [5.74, 6) is 0.0985. The number of aliphatic carboxylic acids is 1. The van der Waals surface area contributed by atoms with Gasteiger partial charge in [-0.05, 0) is 5.56 Å². The summed E-state index contributed by atoms with van der Waals surface area (Å²) in [6.07, 6.45) is 0.419. The number of benzene rings is 1. The van der Waals surface area contributed by atoms with Crippen molar-refractivity contribution < 1.29 is 14.7 Å². The summed E-state index contributed by atoms with van der Waals surface area (Å²) in [7, 11) is 0. The van der Waals surface area contributed by atoms with Gasteiger partial charge in [-0.1, -0.05) is 30.3 Å². The van der Waals surface area contributed by atoms with E-state index in [4.69, 9.17) is 5.11 Å². The highest BCUT2D eigenvalue weighted by atomic mass is 32.2. The lowest BCUT2D eigenvalue weighted by atomic mass is 10.2. The highest BCUT2D eigenvalue weighted by molar-refractivity contribution is 7.98. The highest BCUT2D eigenvalue weighted by Gasteiger charge is 2.15. The summed E-state index contributed by atoms with van der Waals surface area (Å²) in [4.78, 5) is 20.9. The van der Waals surface area contributed by atoms with Gasteiger partial charge in [0, 0.05) is 11.5 Å². The molecule has 4 nitrogen and oxygen atoms in total. The average molecular weight is 239 g/mol. The number of carbonyl (C=O) groups is 2. The van der Waals surface area contributed by atoms with Crippen molar-refractivity contribution in [3.05, 3.63) is 35.9 Å². The van der Waals surface area contributed by atoms with E-state index in [1.54, 1.807) is 0 Å². The maximum atomic E-state index is 10.7. The van der Waals surface area contributed by atoms with Crippen LogP contribution in [0.4, 0.5) is 0 Å². The largest absolute Gasteiger partial charge is 0.480 e. The van der Waals surface area contributed by atoms with Gasteiger partial charge in [0.2, 0.25) is 6.41 Å². The van der Waals surface area contributed by atoms with Gasteiger partial charge < -0.3 is 10.4 Å². The maximum Gasteiger partial charge on any atom is 0.327 e. The van der Waals surface area contributed by atoms with E-state index in [9.17, 15) is 9.59 Å². The van der Waals surface area contributed by atoms with Crippen molar-refractivity contribution in [2.24, 2.45) is 0 Å². The fraction of sp³-hybridized carbons (Fsp3) is 0.273. The molecule has 0 radical (unpaired) electrons. The van der Waals surface area contributed by atoms with Crippen LogP contribution in [0.15, 0.2) is 30.3 Å². The van der Waals surface area contributed by atoms with Gasteiger partial charge in [0.1, 0.15) is 6.04 Å². The van der Waals surface area contributed by atoms with Crippen molar-refractivity contribution in [3.63, 3.8) is 0 Å². The number of carboxylic acids is 1. The van der Waals surface area contributed by atoms with E-state index in [1.165, 1.54) is 11.8 Å². The normalized spacial score (nSPS) is 11.8. The van der Waals surface area contributed by atoms with Crippen LogP contribution in [0.1, 0.15) is 5.56 Å². The second-order valence-electron chi connectivity index (χ2n) is 3.18. The second kappa shape index (κ2) is 6.90. The van der Waals surface area contributed by atoms with Crippen LogP contribution in [0.5, 0.6) is 0 Å². The van der Waals surface area contributed by atoms with E-state index in [-0.39, 0.29) is 0 Å². The summed E-state index contributed by atoms with van der Waals surface area (Å²) < 4.78 is 0. The first kappa shape index (κ1) is 12.6. The fourth-order valence-electron chi connectivity index (χ4n) is 1.14. The van der Waals surface area contributed by atoms with E-state index >= 15 is 0 Å². The summed E-state index contributed by atoms with van der Waals surface area (Å²) >= 11 is 1.48. The Hall–Kier alpha value is -1.49. The fourth-order valence-corrected chi connectivity index (χ4v) is 2.16. The SMILES string of the molecule is O=CN[C@@H](CSCc1ccccc1)C(=O)O. The molecule has 1 atom stereocenters. The Kier molecular flexibility index (Phi) is 5.42. The van der Waals surface area contributed by atoms with Gasteiger partial charge in [-0.2, -0.15) is 11.8 Å². The molecule has 2 N–H and O–H groups in total. The molecular formula is C11H13NO3S. The number of thioether (sulfide) groups is 1. The molecule has 5 heteroatoms. The van der Waals surface area contributed by atoms with Crippen molar-refractivity contribution in [2.75, 3.05) is 5.75 Å². The molecule has 0 saturated heterocycles. The lowest BCUT2D eigenvalue weighted by molar-refractivity contribution is -0.139. The molecule has 0 fully saturated rings. The first-order valence-corrected chi connectivity index (χ1v) is 5.93. The van der Waals surface area contributed by atoms with Crippen LogP contribution in [0.2, 0.25) is 0 Å². The summed E-state index contributed by atoms with van der Waals surface area (Å²) in [5, 5.41) is 11.0. The van der Waals surface area contributed by atoms with Crippen molar-refractivity contribution in [1.82, 2.24) is 5.32 Å². The van der Waals surface area contributed by atoms with Crippen LogP contribution in [0.25, 0.3) is 0 Å². The zero-order chi connectivity index (χ0) is 11.8. The number of nitrogens with one attached hydrogen (secondary N) is 1. The topological polar surface area (TPSA) is 66.4 Å². The highest BCUT2D eigenvalue weighted by Crippen LogP contribution is 2.12. The molecule has 86 valence electrons. The van der Waals surface area contributed by atoms with E-state index < -0.39 is 12.0 Å². The standard InChI is InChI=1S/C11H13NO3S/c13-8-12-10(11(14)15)7-16-6-9-4-2-1-3-5-9/h1-5,8,10H,6-7H2,(H,12,13)(H,14,15)/t10-/m0/s1. The lowest BCUT2D eigenvalue weighted by Gasteiger charge is -2.10. The zero-order valence-corrected chi connectivity index (χ0v) is 9.44. The molecule has 0 bridgehead atoms. The molecule has 0 aromatic heterocycles. The Labute approximate surface area is 98.0 Å². The third-order valence-electron chi connectivity index (χ3n) is 1.96. The van der Waals surface area contributed by atoms with E-state index in [0.717, 1.165) is 11.3 Å². The van der Waals surface area contributed by atoms with Crippen LogP contribution < -0.4 is 5.32 Å². The first-order chi connectivity index (χ1) is 7.74. The number of rotatable bonds is 7. The van der Waals surface area contributed by atoms with Crippen LogP contribution in [0, 0.1) is 0 Å². The molecule has 0 spiro atoms. The molecule has 0 saturated carbocycles. The predicted molar refractivity (Wildman–Crippen MR) is 63.2 cm³/mol. The van der Waals surface area contributed by atoms with Crippen molar-refractivity contribution in [3.8, 4) is 0 Å². The summed E-state index contributed by atoms with van der Waals surface area (Å²) in [6.45, 7) is 0. The van der Waals surface area contributed by atoms with Gasteiger partial charge in [-0.3, -0.25) is 4.79 Å². The van der Waals surface area contributed by atoms with Gasteiger partial charge in [0.15, 0.2) is 0 Å². The number of carbonyl (C=O) groups excluding carboxylic acids is 1. The third kappa shape index (κ3) is 4.35. The number of hydrogen-bond acceptors (Lipinski definition) is 3. The Morgan fingerprint density at radius 3 is 2.69 bits per heavy atom. The van der Waals surface area contributed by atoms with E-state index in [0.29, 0.717) is 12.2 Å². The number of carboxylic acid groups (broad SMARTS) is 1. The summed E-state index contributed by atoms with van der Waals surface area (Å²) in [6, 6.07) is 8.96. The Bertz CT molecular complexity index is 342. The molecule has 0 aliphatic heterocycles. The van der Waals surface area contributed by atoms with Gasteiger partial charge in [-0.15, -0.1) is 0 Å². The Morgan fingerprint density at radius 2 is 2.12 bits per heavy atom. The van der Waals surface area contributed by atoms with Crippen LogP contribution >= 0.6 is 11.8 Å². The monoisotopic (exact) mass is 239 g/mol. The predicted octanol–water partition coefficient (Wildman–Crippen LogP) is 1.12. The molecule has 1 rings (SSSR count). The minimum atomic E-state index is -1.01. The van der Waals surface area contributed by atoms with E-state index in [2.05, 4.69) is 5.32 Å². The second-order valence-corrected chi connectivity index (χ2v) is 4.21. The first-order valence-electron chi connectivity index (χ1n) is 4.78. The van der Waals surface area contributed by atoms with Crippen molar-refractivity contribution in [1.29, 1.82) is 0 Å². The lowest BCUT2D eigenvalue weighted by Crippen LogP contribution is -2.37. The van der Waals surface area contributed by atoms with Crippen LogP contribution in [-0.4, -0.2) is 29.3 Å². The van der Waals surface area contributed by atoms with Gasteiger partial charge in [0.05, 0.1) is 0 Å². The Balaban J connectivity index is 2.33. The minimum Gasteiger partial charge on any atom is -0.480 e. The van der Waals surface area contributed by atoms with Gasteiger partial charge >= 0.3 is 5.97 Å². The maximum absolute atomic E-state index is 10.7. The third-order valence-corrected chi connectivity index (χ3v) is 3.07. The minimum absolute atomic E-state index is 0.364. The van der Waals surface area contributed by atoms with E-state index in [1.807, 2.05) is 30.3 Å².